The lowest BCUT2D eigenvalue weighted by molar-refractivity contribution is -0.385. The molecule has 2 aromatic carbocycles. The molecule has 0 fully saturated rings. The zero-order valence-electron chi connectivity index (χ0n) is 17.6. The van der Waals surface area contributed by atoms with Crippen molar-refractivity contribution in [3.05, 3.63) is 79.3 Å². The van der Waals surface area contributed by atoms with Crippen LogP contribution < -0.4 is 15.0 Å². The predicted molar refractivity (Wildman–Crippen MR) is 126 cm³/mol. The van der Waals surface area contributed by atoms with Gasteiger partial charge in [-0.05, 0) is 30.7 Å². The second kappa shape index (κ2) is 10.2. The van der Waals surface area contributed by atoms with Crippen molar-refractivity contribution in [3.8, 4) is 11.5 Å². The Balaban J connectivity index is 2.14. The van der Waals surface area contributed by atoms with Crippen LogP contribution in [-0.2, 0) is 6.42 Å². The highest BCUT2D eigenvalue weighted by molar-refractivity contribution is 9.10. The van der Waals surface area contributed by atoms with E-state index in [9.17, 15) is 14.9 Å². The second-order valence-corrected chi connectivity index (χ2v) is 7.64. The highest BCUT2D eigenvalue weighted by Crippen LogP contribution is 2.38. The molecule has 0 atom stereocenters. The van der Waals surface area contributed by atoms with Gasteiger partial charge < -0.3 is 9.47 Å². The number of nitro groups is 1. The highest BCUT2D eigenvalue weighted by Gasteiger charge is 2.22. The number of methoxy groups -OCH3 is 1. The fraction of sp³-hybridized carbons (Fsp3) is 0.227. The molecular formula is C22H21BrN4O5. The summed E-state index contributed by atoms with van der Waals surface area (Å²) >= 11 is 3.37. The van der Waals surface area contributed by atoms with E-state index in [1.807, 2.05) is 13.0 Å². The molecule has 3 aromatic rings. The fourth-order valence-electron chi connectivity index (χ4n) is 3.08. The Hall–Kier alpha value is -3.53. The van der Waals surface area contributed by atoms with Crippen molar-refractivity contribution in [2.24, 2.45) is 5.10 Å². The molecule has 0 saturated carbocycles. The summed E-state index contributed by atoms with van der Waals surface area (Å²) in [4.78, 5) is 28.7. The van der Waals surface area contributed by atoms with Gasteiger partial charge in [-0.15, -0.1) is 0 Å². The maximum absolute atomic E-state index is 13.1. The monoisotopic (exact) mass is 500 g/mol. The van der Waals surface area contributed by atoms with E-state index >= 15 is 0 Å². The molecule has 1 aromatic heterocycles. The van der Waals surface area contributed by atoms with Gasteiger partial charge in [-0.1, -0.05) is 35.5 Å². The van der Waals surface area contributed by atoms with Gasteiger partial charge in [-0.3, -0.25) is 14.9 Å². The van der Waals surface area contributed by atoms with Gasteiger partial charge >= 0.3 is 5.69 Å². The van der Waals surface area contributed by atoms with Crippen LogP contribution in [0.3, 0.4) is 0 Å². The number of hydrogen-bond acceptors (Lipinski definition) is 7. The summed E-state index contributed by atoms with van der Waals surface area (Å²) in [5, 5.41) is 16.3. The van der Waals surface area contributed by atoms with Gasteiger partial charge in [0.15, 0.2) is 5.75 Å². The average molecular weight is 501 g/mol. The summed E-state index contributed by atoms with van der Waals surface area (Å²) in [7, 11) is 1.38. The van der Waals surface area contributed by atoms with Crippen molar-refractivity contribution in [3.63, 3.8) is 0 Å². The van der Waals surface area contributed by atoms with Crippen molar-refractivity contribution in [1.29, 1.82) is 0 Å². The molecule has 1 heterocycles. The second-order valence-electron chi connectivity index (χ2n) is 6.73. The Bertz CT molecular complexity index is 1270. The first-order valence-electron chi connectivity index (χ1n) is 9.75. The number of rotatable bonds is 9. The van der Waals surface area contributed by atoms with Gasteiger partial charge in [-0.2, -0.15) is 9.78 Å². The van der Waals surface area contributed by atoms with Crippen molar-refractivity contribution >= 4 is 38.7 Å². The lowest BCUT2D eigenvalue weighted by Gasteiger charge is -2.11. The maximum Gasteiger partial charge on any atom is 0.315 e. The lowest BCUT2D eigenvalue weighted by Crippen LogP contribution is -2.22. The molecule has 0 spiro atoms. The minimum absolute atomic E-state index is 0.00406. The first-order valence-corrected chi connectivity index (χ1v) is 10.5. The number of hydrogen-bond donors (Lipinski definition) is 0. The molecule has 0 radical (unpaired) electrons. The molecule has 10 heteroatoms. The molecule has 9 nitrogen and oxygen atoms in total. The number of aromatic nitrogens is 2. The van der Waals surface area contributed by atoms with Crippen molar-refractivity contribution < 1.29 is 14.4 Å². The molecule has 3 rings (SSSR count). The van der Waals surface area contributed by atoms with E-state index in [4.69, 9.17) is 9.47 Å². The zero-order chi connectivity index (χ0) is 23.3. The molecule has 0 aliphatic heterocycles. The molecule has 0 saturated heterocycles. The molecule has 0 amide bonds. The number of benzene rings is 2. The van der Waals surface area contributed by atoms with Crippen LogP contribution in [0.5, 0.6) is 11.5 Å². The van der Waals surface area contributed by atoms with Crippen LogP contribution in [-0.4, -0.2) is 34.5 Å². The van der Waals surface area contributed by atoms with Gasteiger partial charge in [0, 0.05) is 22.5 Å². The fourth-order valence-corrected chi connectivity index (χ4v) is 3.44. The van der Waals surface area contributed by atoms with Gasteiger partial charge in [0.1, 0.15) is 12.4 Å². The van der Waals surface area contributed by atoms with E-state index < -0.39 is 4.92 Å². The number of halogens is 1. The van der Waals surface area contributed by atoms with Crippen molar-refractivity contribution in [2.45, 2.75) is 19.8 Å². The van der Waals surface area contributed by atoms with E-state index in [2.05, 4.69) is 32.6 Å². The lowest BCUT2D eigenvalue weighted by atomic mass is 10.2. The van der Waals surface area contributed by atoms with Crippen LogP contribution >= 0.6 is 15.9 Å². The molecule has 0 aliphatic carbocycles. The Kier molecular flexibility index (Phi) is 7.37. The van der Waals surface area contributed by atoms with Gasteiger partial charge in [0.2, 0.25) is 5.75 Å². The Morgan fingerprint density at radius 3 is 2.78 bits per heavy atom. The maximum atomic E-state index is 13.1. The minimum atomic E-state index is -0.567. The largest absolute Gasteiger partial charge is 0.493 e. The summed E-state index contributed by atoms with van der Waals surface area (Å²) < 4.78 is 12.7. The van der Waals surface area contributed by atoms with Crippen molar-refractivity contribution in [1.82, 2.24) is 9.66 Å². The number of aryl methyl sites for hydroxylation is 1. The van der Waals surface area contributed by atoms with Crippen LogP contribution in [0.15, 0.2) is 57.4 Å². The first kappa shape index (κ1) is 23.1. The van der Waals surface area contributed by atoms with Gasteiger partial charge in [0.05, 0.1) is 29.2 Å². The van der Waals surface area contributed by atoms with E-state index in [0.717, 1.165) is 10.9 Å². The highest BCUT2D eigenvalue weighted by atomic mass is 79.9. The molecule has 0 N–H and O–H groups in total. The summed E-state index contributed by atoms with van der Waals surface area (Å²) in [6.07, 6.45) is 4.14. The molecule has 32 heavy (non-hydrogen) atoms. The Morgan fingerprint density at radius 2 is 2.12 bits per heavy atom. The summed E-state index contributed by atoms with van der Waals surface area (Å²) in [6, 6.07) is 8.13. The average Bonchev–Trinajstić information content (AvgIpc) is 2.77. The Morgan fingerprint density at radius 1 is 1.34 bits per heavy atom. The number of nitro benzene ring substituents is 1. The third-order valence-corrected chi connectivity index (χ3v) is 4.98. The van der Waals surface area contributed by atoms with Crippen LogP contribution in [0, 0.1) is 10.1 Å². The minimum Gasteiger partial charge on any atom is -0.493 e. The van der Waals surface area contributed by atoms with E-state index in [0.29, 0.717) is 28.7 Å². The standard InChI is InChI=1S/C22H21BrN4O5/c1-4-6-20-25-17-8-7-15(23)12-16(17)22(28)26(20)24-13-14-10-18(27(29)30)21(32-9-5-2)19(11-14)31-3/h5,7-8,10-13H,2,4,6,9H2,1,3H3. The molecule has 0 bridgehead atoms. The zero-order valence-corrected chi connectivity index (χ0v) is 19.2. The normalized spacial score (nSPS) is 11.1. The number of ether oxygens (including phenoxy) is 2. The van der Waals surface area contributed by atoms with Crippen LogP contribution in [0.25, 0.3) is 10.9 Å². The summed E-state index contributed by atoms with van der Waals surface area (Å²) in [6.45, 7) is 5.60. The molecular weight excluding hydrogens is 480 g/mol. The third-order valence-electron chi connectivity index (χ3n) is 4.49. The van der Waals surface area contributed by atoms with E-state index in [1.165, 1.54) is 30.1 Å². The van der Waals surface area contributed by atoms with E-state index in [-0.39, 0.29) is 29.4 Å². The van der Waals surface area contributed by atoms with Crippen LogP contribution in [0.2, 0.25) is 0 Å². The number of nitrogens with zero attached hydrogens (tertiary/aromatic N) is 4. The first-order chi connectivity index (χ1) is 15.4. The quantitative estimate of drug-likeness (QED) is 0.185. The van der Waals surface area contributed by atoms with Crippen LogP contribution in [0.1, 0.15) is 24.7 Å². The molecule has 166 valence electrons. The smallest absolute Gasteiger partial charge is 0.315 e. The summed E-state index contributed by atoms with van der Waals surface area (Å²) in [5.41, 5.74) is 0.329. The third kappa shape index (κ3) is 4.86. The SMILES string of the molecule is C=CCOc1c(OC)cc(C=Nn2c(CCC)nc3ccc(Br)cc3c2=O)cc1[N+](=O)[O-]. The van der Waals surface area contributed by atoms with Crippen molar-refractivity contribution in [2.75, 3.05) is 13.7 Å². The summed E-state index contributed by atoms with van der Waals surface area (Å²) in [5.74, 6) is 0.663. The van der Waals surface area contributed by atoms with E-state index in [1.54, 1.807) is 18.2 Å². The molecule has 0 unspecified atom stereocenters. The molecule has 0 aliphatic rings. The van der Waals surface area contributed by atoms with Crippen LogP contribution in [0.4, 0.5) is 5.69 Å². The topological polar surface area (TPSA) is 109 Å². The Labute approximate surface area is 192 Å². The van der Waals surface area contributed by atoms with Gasteiger partial charge in [-0.25, -0.2) is 4.98 Å². The van der Waals surface area contributed by atoms with Gasteiger partial charge in [0.25, 0.3) is 5.56 Å². The number of fused-ring (bicyclic) bond motifs is 1. The predicted octanol–water partition coefficient (Wildman–Crippen LogP) is 4.48.